The van der Waals surface area contributed by atoms with Crippen LogP contribution in [0.25, 0.3) is 32.9 Å². The summed E-state index contributed by atoms with van der Waals surface area (Å²) >= 11 is 16.6. The lowest BCUT2D eigenvalue weighted by Crippen LogP contribution is -2.44. The number of pyridine rings is 2. The molecule has 0 spiro atoms. The maximum Gasteiger partial charge on any atom is 0.410 e. The molecule has 1 aliphatic carbocycles. The quantitative estimate of drug-likeness (QED) is 0.172. The number of hydrogen-bond donors (Lipinski definition) is 0. The van der Waals surface area contributed by atoms with Crippen LogP contribution in [0.2, 0.25) is 10.0 Å². The fraction of sp³-hybridized carbons (Fsp3) is 0.474. The van der Waals surface area contributed by atoms with E-state index >= 15 is 4.39 Å². The summed E-state index contributed by atoms with van der Waals surface area (Å²) < 4.78 is 32.0. The number of benzene rings is 2. The van der Waals surface area contributed by atoms with Crippen LogP contribution in [0.1, 0.15) is 65.0 Å². The van der Waals surface area contributed by atoms with Gasteiger partial charge in [-0.1, -0.05) is 35.3 Å². The highest BCUT2D eigenvalue weighted by Crippen LogP contribution is 2.52. The minimum atomic E-state index is -0.661. The lowest BCUT2D eigenvalue weighted by Gasteiger charge is -2.39. The molecule has 1 saturated carbocycles. The van der Waals surface area contributed by atoms with E-state index in [2.05, 4.69) is 26.9 Å². The van der Waals surface area contributed by atoms with Crippen molar-refractivity contribution in [2.24, 2.45) is 5.92 Å². The van der Waals surface area contributed by atoms with Crippen molar-refractivity contribution >= 4 is 67.0 Å². The highest BCUT2D eigenvalue weighted by atomic mass is 79.9. The SMILES string of the molecule is C[C@H](Oc1nc2c(F)c(-c3cccc(Cl)c3Cl)c(CCC#N)cc2c2c1c(=O)c(Br)cn2[C@H]1[C@@H]2C[C@H]1N(C(=O)OC(C)(C)C)C2)[C@@H]1CCCN1C. The van der Waals surface area contributed by atoms with E-state index in [4.69, 9.17) is 37.7 Å². The van der Waals surface area contributed by atoms with Crippen molar-refractivity contribution in [2.75, 3.05) is 20.1 Å². The highest BCUT2D eigenvalue weighted by molar-refractivity contribution is 9.10. The Morgan fingerprint density at radius 2 is 2.04 bits per heavy atom. The summed E-state index contributed by atoms with van der Waals surface area (Å²) in [6.45, 7) is 8.87. The number of aryl methyl sites for hydroxylation is 1. The Morgan fingerprint density at radius 3 is 2.73 bits per heavy atom. The predicted molar refractivity (Wildman–Crippen MR) is 200 cm³/mol. The molecular formula is C38H39BrCl2FN5O4. The molecular weight excluding hydrogens is 760 g/mol. The zero-order valence-electron chi connectivity index (χ0n) is 29.1. The van der Waals surface area contributed by atoms with Crippen LogP contribution in [0.15, 0.2) is 39.7 Å². The van der Waals surface area contributed by atoms with E-state index in [1.165, 1.54) is 0 Å². The number of aromatic nitrogens is 2. The second-order valence-corrected chi connectivity index (χ2v) is 16.6. The summed E-state index contributed by atoms with van der Waals surface area (Å²) in [5, 5.41) is 10.6. The fourth-order valence-electron chi connectivity index (χ4n) is 8.23. The maximum atomic E-state index is 17.4. The van der Waals surface area contributed by atoms with Crippen molar-refractivity contribution in [1.29, 1.82) is 5.26 Å². The number of carbonyl (C=O) groups is 1. The van der Waals surface area contributed by atoms with Gasteiger partial charge in [-0.25, -0.2) is 14.2 Å². The molecule has 51 heavy (non-hydrogen) atoms. The lowest BCUT2D eigenvalue weighted by atomic mass is 9.79. The van der Waals surface area contributed by atoms with Crippen LogP contribution in [0.4, 0.5) is 9.18 Å². The molecule has 13 heteroatoms. The first-order chi connectivity index (χ1) is 24.2. The van der Waals surface area contributed by atoms with Gasteiger partial charge in [0.25, 0.3) is 0 Å². The average molecular weight is 800 g/mol. The van der Waals surface area contributed by atoms with Crippen LogP contribution in [0.3, 0.4) is 0 Å². The van der Waals surface area contributed by atoms with E-state index in [0.29, 0.717) is 33.0 Å². The van der Waals surface area contributed by atoms with Crippen molar-refractivity contribution in [3.05, 3.63) is 66.6 Å². The van der Waals surface area contributed by atoms with Crippen molar-refractivity contribution < 1.29 is 18.7 Å². The maximum absolute atomic E-state index is 17.4. The van der Waals surface area contributed by atoms with Gasteiger partial charge in [0.2, 0.25) is 11.3 Å². The van der Waals surface area contributed by atoms with Crippen LogP contribution >= 0.6 is 39.1 Å². The number of amides is 1. The Labute approximate surface area is 314 Å². The minimum Gasteiger partial charge on any atom is -0.472 e. The normalized spacial score (nSPS) is 22.3. The first kappa shape index (κ1) is 36.0. The van der Waals surface area contributed by atoms with E-state index < -0.39 is 11.4 Å². The number of likely N-dealkylation sites (N-methyl/N-ethyl adjacent to an activating group) is 1. The summed E-state index contributed by atoms with van der Waals surface area (Å²) in [6.07, 6.45) is 4.02. The average Bonchev–Trinajstić information content (AvgIpc) is 3.79. The number of fused-ring (bicyclic) bond motifs is 4. The van der Waals surface area contributed by atoms with Gasteiger partial charge in [0.05, 0.1) is 38.2 Å². The van der Waals surface area contributed by atoms with Gasteiger partial charge in [-0.3, -0.25) is 9.69 Å². The van der Waals surface area contributed by atoms with Crippen molar-refractivity contribution in [3.63, 3.8) is 0 Å². The largest absolute Gasteiger partial charge is 0.472 e. The fourth-order valence-corrected chi connectivity index (χ4v) is 9.04. The third-order valence-corrected chi connectivity index (χ3v) is 11.9. The van der Waals surface area contributed by atoms with Crippen LogP contribution in [-0.4, -0.2) is 69.4 Å². The van der Waals surface area contributed by atoms with Gasteiger partial charge in [0.1, 0.15) is 22.6 Å². The van der Waals surface area contributed by atoms with Gasteiger partial charge >= 0.3 is 6.09 Å². The zero-order valence-corrected chi connectivity index (χ0v) is 32.2. The summed E-state index contributed by atoms with van der Waals surface area (Å²) in [4.78, 5) is 36.3. The highest BCUT2D eigenvalue weighted by Gasteiger charge is 2.56. The summed E-state index contributed by atoms with van der Waals surface area (Å²) in [5.41, 5.74) is 0.555. The standard InChI is InChI=1S/C38H39BrCl2FN5O4/c1-19(26-12-8-14-45(26)5)50-36-29-34(47(18-24(39)35(29)48)33-21-16-27(33)46(17-21)37(49)51-38(2,3)4)23-15-20(9-7-13-43)28(31(42)32(23)44-36)22-10-6-11-25(40)30(22)41/h6,10-11,15,18-19,21,26-27,33H,7-9,12,14,16-17H2,1-5H3/t19-,21+,26-,27+,33-/m0/s1. The monoisotopic (exact) mass is 797 g/mol. The van der Waals surface area contributed by atoms with E-state index in [0.717, 1.165) is 25.8 Å². The topological polar surface area (TPSA) is 101 Å². The van der Waals surface area contributed by atoms with Crippen molar-refractivity contribution in [1.82, 2.24) is 19.4 Å². The molecule has 4 fully saturated rings. The third kappa shape index (κ3) is 6.26. The van der Waals surface area contributed by atoms with E-state index in [1.807, 2.05) is 45.4 Å². The van der Waals surface area contributed by atoms with Gasteiger partial charge in [-0.15, -0.1) is 0 Å². The number of nitrogens with zero attached hydrogens (tertiary/aromatic N) is 5. The second kappa shape index (κ2) is 13.5. The van der Waals surface area contributed by atoms with Crippen molar-refractivity contribution in [2.45, 2.75) is 89.6 Å². The number of rotatable bonds is 7. The molecule has 4 aromatic rings. The minimum absolute atomic E-state index is 0.00219. The first-order valence-electron chi connectivity index (χ1n) is 17.3. The molecule has 2 aromatic heterocycles. The lowest BCUT2D eigenvalue weighted by molar-refractivity contribution is 0.0210. The van der Waals surface area contributed by atoms with Crippen LogP contribution in [0, 0.1) is 23.1 Å². The first-order valence-corrected chi connectivity index (χ1v) is 18.8. The Balaban J connectivity index is 1.51. The number of likely N-dealkylation sites (tertiary alicyclic amines) is 1. The second-order valence-electron chi connectivity index (χ2n) is 14.9. The van der Waals surface area contributed by atoms with E-state index in [9.17, 15) is 14.9 Å². The molecule has 9 nitrogen and oxygen atoms in total. The molecule has 0 unspecified atom stereocenters. The molecule has 3 saturated heterocycles. The molecule has 8 rings (SSSR count). The van der Waals surface area contributed by atoms with Gasteiger partial charge in [-0.05, 0) is 101 Å². The predicted octanol–water partition coefficient (Wildman–Crippen LogP) is 8.92. The molecule has 5 heterocycles. The van der Waals surface area contributed by atoms with Gasteiger partial charge < -0.3 is 18.9 Å². The number of hydrogen-bond acceptors (Lipinski definition) is 7. The van der Waals surface area contributed by atoms with Gasteiger partial charge in [0, 0.05) is 47.6 Å². The zero-order chi connectivity index (χ0) is 36.5. The molecule has 0 radical (unpaired) electrons. The Hall–Kier alpha value is -3.43. The van der Waals surface area contributed by atoms with Crippen molar-refractivity contribution in [3.8, 4) is 23.1 Å². The Morgan fingerprint density at radius 1 is 1.27 bits per heavy atom. The molecule has 1 amide bonds. The number of halogens is 4. The van der Waals surface area contributed by atoms with E-state index in [-0.39, 0.29) is 86.9 Å². The molecule has 3 aliphatic heterocycles. The summed E-state index contributed by atoms with van der Waals surface area (Å²) in [5.74, 6) is -0.546. The smallest absolute Gasteiger partial charge is 0.410 e. The Bertz CT molecular complexity index is 2180. The van der Waals surface area contributed by atoms with Crippen LogP contribution in [0.5, 0.6) is 5.88 Å². The third-order valence-electron chi connectivity index (χ3n) is 10.5. The molecule has 268 valence electrons. The molecule has 2 bridgehead atoms. The molecule has 4 aliphatic rings. The Kier molecular flexibility index (Phi) is 9.53. The van der Waals surface area contributed by atoms with E-state index in [1.54, 1.807) is 29.3 Å². The summed E-state index contributed by atoms with van der Waals surface area (Å²) in [7, 11) is 2.04. The molecule has 2 aromatic carbocycles. The van der Waals surface area contributed by atoms with Gasteiger partial charge in [0.15, 0.2) is 5.82 Å². The number of ether oxygens (including phenoxy) is 2. The molecule has 0 N–H and O–H groups in total. The van der Waals surface area contributed by atoms with Gasteiger partial charge in [-0.2, -0.15) is 5.26 Å². The van der Waals surface area contributed by atoms with Crippen LogP contribution < -0.4 is 10.2 Å². The summed E-state index contributed by atoms with van der Waals surface area (Å²) in [6, 6.07) is 8.65. The number of nitriles is 1. The van der Waals surface area contributed by atoms with Crippen LogP contribution in [-0.2, 0) is 11.2 Å². The number of carbonyl (C=O) groups excluding carboxylic acids is 1. The molecule has 5 atom stereocenters.